The molecule has 1 atom stereocenters. The molecular formula is C13H19F3N2S. The molecule has 108 valence electrons. The van der Waals surface area contributed by atoms with Crippen LogP contribution in [0.15, 0.2) is 6.07 Å². The average Bonchev–Trinajstić information content (AvgIpc) is 2.70. The van der Waals surface area contributed by atoms with Gasteiger partial charge < -0.3 is 5.73 Å². The molecule has 1 saturated heterocycles. The molecule has 2 nitrogen and oxygen atoms in total. The molecule has 0 spiro atoms. The van der Waals surface area contributed by atoms with E-state index < -0.39 is 12.1 Å². The fraction of sp³-hybridized carbons (Fsp3) is 0.692. The Morgan fingerprint density at radius 2 is 2.21 bits per heavy atom. The minimum Gasteiger partial charge on any atom is -0.326 e. The van der Waals surface area contributed by atoms with Crippen molar-refractivity contribution in [1.82, 2.24) is 4.90 Å². The van der Waals surface area contributed by atoms with Crippen LogP contribution in [0.4, 0.5) is 13.2 Å². The maximum Gasteiger partial charge on any atom is 0.393 e. The van der Waals surface area contributed by atoms with Crippen molar-refractivity contribution >= 4 is 11.3 Å². The van der Waals surface area contributed by atoms with Crippen molar-refractivity contribution in [1.29, 1.82) is 0 Å². The number of nitrogens with zero attached hydrogens (tertiary/aromatic N) is 1. The average molecular weight is 292 g/mol. The first-order valence-electron chi connectivity index (χ1n) is 6.47. The summed E-state index contributed by atoms with van der Waals surface area (Å²) in [6.45, 7) is 3.98. The molecule has 2 heterocycles. The number of halogens is 3. The van der Waals surface area contributed by atoms with Gasteiger partial charge in [-0.3, -0.25) is 4.90 Å². The van der Waals surface area contributed by atoms with E-state index in [1.807, 2.05) is 17.9 Å². The Morgan fingerprint density at radius 1 is 1.47 bits per heavy atom. The molecule has 1 aliphatic heterocycles. The molecule has 1 aromatic rings. The quantitative estimate of drug-likeness (QED) is 0.926. The standard InChI is InChI=1S/C13H19F3N2S/c1-9-10(5-12(6-17)19-9)7-18-4-2-3-11(8-18)13(14,15)16/h5,11H,2-4,6-8,17H2,1H3. The van der Waals surface area contributed by atoms with Gasteiger partial charge in [0.15, 0.2) is 0 Å². The minimum absolute atomic E-state index is 0.122. The summed E-state index contributed by atoms with van der Waals surface area (Å²) in [5.41, 5.74) is 6.71. The monoisotopic (exact) mass is 292 g/mol. The highest BCUT2D eigenvalue weighted by molar-refractivity contribution is 7.12. The van der Waals surface area contributed by atoms with Crippen LogP contribution in [0.1, 0.15) is 28.2 Å². The number of rotatable bonds is 3. The van der Waals surface area contributed by atoms with Crippen LogP contribution < -0.4 is 5.73 Å². The molecule has 0 radical (unpaired) electrons. The number of piperidine rings is 1. The molecular weight excluding hydrogens is 273 g/mol. The lowest BCUT2D eigenvalue weighted by Gasteiger charge is -2.33. The van der Waals surface area contributed by atoms with Crippen molar-refractivity contribution in [2.24, 2.45) is 11.7 Å². The minimum atomic E-state index is -4.06. The Labute approximate surface area is 115 Å². The summed E-state index contributed by atoms with van der Waals surface area (Å²) in [6.07, 6.45) is -3.18. The van der Waals surface area contributed by atoms with Gasteiger partial charge in [-0.15, -0.1) is 11.3 Å². The summed E-state index contributed by atoms with van der Waals surface area (Å²) in [4.78, 5) is 4.17. The lowest BCUT2D eigenvalue weighted by molar-refractivity contribution is -0.187. The Hall–Kier alpha value is -0.590. The number of alkyl halides is 3. The summed E-state index contributed by atoms with van der Waals surface area (Å²) in [7, 11) is 0. The van der Waals surface area contributed by atoms with Crippen molar-refractivity contribution < 1.29 is 13.2 Å². The molecule has 0 aliphatic carbocycles. The van der Waals surface area contributed by atoms with Crippen LogP contribution in [-0.4, -0.2) is 24.2 Å². The molecule has 1 unspecified atom stereocenters. The number of hydrogen-bond acceptors (Lipinski definition) is 3. The van der Waals surface area contributed by atoms with Gasteiger partial charge in [0.2, 0.25) is 0 Å². The molecule has 0 amide bonds. The van der Waals surface area contributed by atoms with E-state index in [0.717, 1.165) is 21.9 Å². The second kappa shape index (κ2) is 5.81. The summed E-state index contributed by atoms with van der Waals surface area (Å²) in [5, 5.41) is 0. The third-order valence-electron chi connectivity index (χ3n) is 3.64. The van der Waals surface area contributed by atoms with Crippen molar-refractivity contribution in [2.45, 2.75) is 39.0 Å². The predicted octanol–water partition coefficient (Wildman–Crippen LogP) is 3.29. The fourth-order valence-corrected chi connectivity index (χ4v) is 3.48. The first-order valence-corrected chi connectivity index (χ1v) is 7.29. The number of thiophene rings is 1. The van der Waals surface area contributed by atoms with Crippen LogP contribution in [0, 0.1) is 12.8 Å². The van der Waals surface area contributed by atoms with E-state index >= 15 is 0 Å². The Kier molecular flexibility index (Phi) is 4.53. The zero-order valence-electron chi connectivity index (χ0n) is 11.0. The summed E-state index contributed by atoms with van der Waals surface area (Å²) >= 11 is 1.64. The van der Waals surface area contributed by atoms with Crippen LogP contribution in [0.25, 0.3) is 0 Å². The van der Waals surface area contributed by atoms with Gasteiger partial charge in [0.25, 0.3) is 0 Å². The smallest absolute Gasteiger partial charge is 0.326 e. The number of hydrogen-bond donors (Lipinski definition) is 1. The topological polar surface area (TPSA) is 29.3 Å². The highest BCUT2D eigenvalue weighted by Crippen LogP contribution is 2.34. The van der Waals surface area contributed by atoms with Gasteiger partial charge in [-0.25, -0.2) is 0 Å². The van der Waals surface area contributed by atoms with Gasteiger partial charge in [-0.2, -0.15) is 13.2 Å². The zero-order valence-corrected chi connectivity index (χ0v) is 11.8. The molecule has 6 heteroatoms. The lowest BCUT2D eigenvalue weighted by atomic mass is 9.97. The van der Waals surface area contributed by atoms with Gasteiger partial charge in [-0.05, 0) is 37.9 Å². The van der Waals surface area contributed by atoms with Gasteiger partial charge in [0, 0.05) is 29.4 Å². The summed E-state index contributed by atoms with van der Waals surface area (Å²) in [5.74, 6) is -1.17. The first kappa shape index (κ1) is 14.8. The first-order chi connectivity index (χ1) is 8.90. The summed E-state index contributed by atoms with van der Waals surface area (Å²) < 4.78 is 38.3. The largest absolute Gasteiger partial charge is 0.393 e. The fourth-order valence-electron chi connectivity index (χ4n) is 2.55. The molecule has 1 aliphatic rings. The SMILES string of the molecule is Cc1sc(CN)cc1CN1CCCC(C(F)(F)F)C1. The van der Waals surface area contributed by atoms with Gasteiger partial charge in [0.1, 0.15) is 0 Å². The molecule has 0 bridgehead atoms. The Bertz CT molecular complexity index is 428. The van der Waals surface area contributed by atoms with Gasteiger partial charge in [-0.1, -0.05) is 0 Å². The van der Waals surface area contributed by atoms with Crippen LogP contribution >= 0.6 is 11.3 Å². The van der Waals surface area contributed by atoms with Crippen molar-refractivity contribution in [3.05, 3.63) is 21.4 Å². The third-order valence-corrected chi connectivity index (χ3v) is 4.75. The van der Waals surface area contributed by atoms with Crippen LogP contribution in [0.2, 0.25) is 0 Å². The molecule has 2 rings (SSSR count). The number of likely N-dealkylation sites (tertiary alicyclic amines) is 1. The zero-order chi connectivity index (χ0) is 14.0. The van der Waals surface area contributed by atoms with Crippen molar-refractivity contribution in [3.63, 3.8) is 0 Å². The van der Waals surface area contributed by atoms with Crippen LogP contribution in [0.5, 0.6) is 0 Å². The van der Waals surface area contributed by atoms with Crippen LogP contribution in [0.3, 0.4) is 0 Å². The second-order valence-corrected chi connectivity index (χ2v) is 6.46. The van der Waals surface area contributed by atoms with Gasteiger partial charge in [0.05, 0.1) is 5.92 Å². The normalized spacial score (nSPS) is 21.8. The molecule has 0 aromatic carbocycles. The maximum absolute atomic E-state index is 12.8. The van der Waals surface area contributed by atoms with E-state index in [2.05, 4.69) is 0 Å². The molecule has 0 saturated carbocycles. The highest BCUT2D eigenvalue weighted by atomic mass is 32.1. The van der Waals surface area contributed by atoms with Crippen molar-refractivity contribution in [2.75, 3.05) is 13.1 Å². The molecule has 19 heavy (non-hydrogen) atoms. The predicted molar refractivity (Wildman–Crippen MR) is 71.0 cm³/mol. The van der Waals surface area contributed by atoms with E-state index in [0.29, 0.717) is 19.5 Å². The van der Waals surface area contributed by atoms with E-state index in [9.17, 15) is 13.2 Å². The number of aryl methyl sites for hydroxylation is 1. The lowest BCUT2D eigenvalue weighted by Crippen LogP contribution is -2.41. The van der Waals surface area contributed by atoms with E-state index in [4.69, 9.17) is 5.73 Å². The Balaban J connectivity index is 2.00. The van der Waals surface area contributed by atoms with E-state index in [1.165, 1.54) is 0 Å². The van der Waals surface area contributed by atoms with Crippen LogP contribution in [-0.2, 0) is 13.1 Å². The van der Waals surface area contributed by atoms with E-state index in [-0.39, 0.29) is 13.0 Å². The highest BCUT2D eigenvalue weighted by Gasteiger charge is 2.41. The van der Waals surface area contributed by atoms with Gasteiger partial charge >= 0.3 is 6.18 Å². The second-order valence-electron chi connectivity index (χ2n) is 5.11. The Morgan fingerprint density at radius 3 is 2.79 bits per heavy atom. The van der Waals surface area contributed by atoms with Crippen molar-refractivity contribution in [3.8, 4) is 0 Å². The number of nitrogens with two attached hydrogens (primary N) is 1. The molecule has 1 aromatic heterocycles. The maximum atomic E-state index is 12.8. The molecule has 1 fully saturated rings. The molecule has 2 N–H and O–H groups in total. The third kappa shape index (κ3) is 3.70. The summed E-state index contributed by atoms with van der Waals surface area (Å²) in [6, 6.07) is 2.03. The van der Waals surface area contributed by atoms with E-state index in [1.54, 1.807) is 11.3 Å².